The number of methoxy groups -OCH3 is 1. The fraction of sp³-hybridized carbons (Fsp3) is 0.241. The quantitative estimate of drug-likeness (QED) is 0.230. The second-order valence-electron chi connectivity index (χ2n) is 9.84. The van der Waals surface area contributed by atoms with E-state index in [1.54, 1.807) is 25.6 Å². The summed E-state index contributed by atoms with van der Waals surface area (Å²) in [5.74, 6) is 1.72. The van der Waals surface area contributed by atoms with Crippen LogP contribution in [0, 0.1) is 0 Å². The highest BCUT2D eigenvalue weighted by molar-refractivity contribution is 5.71. The molecule has 0 fully saturated rings. The highest BCUT2D eigenvalue weighted by Gasteiger charge is 2.39. The van der Waals surface area contributed by atoms with Crippen LogP contribution in [-0.2, 0) is 15.1 Å². The molecule has 41 heavy (non-hydrogen) atoms. The van der Waals surface area contributed by atoms with Crippen molar-refractivity contribution in [3.63, 3.8) is 0 Å². The van der Waals surface area contributed by atoms with E-state index in [0.717, 1.165) is 16.8 Å². The molecule has 12 heteroatoms. The van der Waals surface area contributed by atoms with Crippen LogP contribution in [-0.4, -0.2) is 48.9 Å². The first-order chi connectivity index (χ1) is 19.9. The molecule has 1 unspecified atom stereocenters. The van der Waals surface area contributed by atoms with E-state index >= 15 is 0 Å². The molecule has 2 atom stereocenters. The number of hydrogen-bond acceptors (Lipinski definition) is 12. The van der Waals surface area contributed by atoms with E-state index in [-0.39, 0.29) is 18.4 Å². The SMILES string of the molecule is COC1OC(C)(C)c2nc(Nc3ncc(-c4nc(-c5ccccn5)no4)c(N[C@H](CO)c4ccccc4)n3)ccc21. The third kappa shape index (κ3) is 5.35. The molecule has 208 valence electrons. The first-order valence-electron chi connectivity index (χ1n) is 13.0. The minimum absolute atomic E-state index is 0.179. The smallest absolute Gasteiger partial charge is 0.263 e. The third-order valence-corrected chi connectivity index (χ3v) is 6.64. The lowest BCUT2D eigenvalue weighted by atomic mass is 10.0. The number of ether oxygens (including phenoxy) is 2. The summed E-state index contributed by atoms with van der Waals surface area (Å²) in [6.07, 6.45) is 2.75. The maximum Gasteiger partial charge on any atom is 0.263 e. The number of nitrogens with one attached hydrogen (secondary N) is 2. The van der Waals surface area contributed by atoms with Gasteiger partial charge >= 0.3 is 0 Å². The summed E-state index contributed by atoms with van der Waals surface area (Å²) in [5, 5.41) is 20.8. The van der Waals surface area contributed by atoms with E-state index in [4.69, 9.17) is 24.0 Å². The highest BCUT2D eigenvalue weighted by Crippen LogP contribution is 2.43. The van der Waals surface area contributed by atoms with E-state index in [0.29, 0.717) is 28.7 Å². The molecule has 0 radical (unpaired) electrons. The molecule has 0 aliphatic carbocycles. The lowest BCUT2D eigenvalue weighted by Crippen LogP contribution is -2.18. The predicted octanol–water partition coefficient (Wildman–Crippen LogP) is 4.78. The number of nitrogens with zero attached hydrogens (tertiary/aromatic N) is 6. The molecule has 0 amide bonds. The van der Waals surface area contributed by atoms with Crippen LogP contribution >= 0.6 is 0 Å². The number of fused-ring (bicyclic) bond motifs is 1. The molecular formula is C29H28N8O4. The summed E-state index contributed by atoms with van der Waals surface area (Å²) in [5.41, 5.74) is 2.91. The molecule has 6 rings (SSSR count). The molecule has 0 saturated carbocycles. The van der Waals surface area contributed by atoms with Crippen LogP contribution in [0.4, 0.5) is 17.6 Å². The molecule has 3 N–H and O–H groups in total. The number of benzene rings is 1. The molecule has 1 aromatic carbocycles. The van der Waals surface area contributed by atoms with Gasteiger partial charge in [-0.25, -0.2) is 9.97 Å². The van der Waals surface area contributed by atoms with Crippen molar-refractivity contribution in [2.75, 3.05) is 24.4 Å². The van der Waals surface area contributed by atoms with Gasteiger partial charge in [0.15, 0.2) is 6.29 Å². The Morgan fingerprint density at radius 1 is 1.00 bits per heavy atom. The monoisotopic (exact) mass is 552 g/mol. The van der Waals surface area contributed by atoms with Crippen molar-refractivity contribution >= 4 is 17.6 Å². The summed E-state index contributed by atoms with van der Waals surface area (Å²) in [4.78, 5) is 22.8. The molecule has 0 spiro atoms. The van der Waals surface area contributed by atoms with Crippen LogP contribution in [0.3, 0.4) is 0 Å². The molecule has 0 bridgehead atoms. The van der Waals surface area contributed by atoms with Gasteiger partial charge in [0.2, 0.25) is 11.8 Å². The van der Waals surface area contributed by atoms with Gasteiger partial charge < -0.3 is 29.7 Å². The van der Waals surface area contributed by atoms with Gasteiger partial charge in [0.05, 0.1) is 18.3 Å². The second-order valence-corrected chi connectivity index (χ2v) is 9.84. The zero-order chi connectivity index (χ0) is 28.4. The lowest BCUT2D eigenvalue weighted by molar-refractivity contribution is -0.175. The van der Waals surface area contributed by atoms with Crippen LogP contribution in [0.2, 0.25) is 0 Å². The highest BCUT2D eigenvalue weighted by atomic mass is 16.7. The zero-order valence-corrected chi connectivity index (χ0v) is 22.6. The van der Waals surface area contributed by atoms with Crippen molar-refractivity contribution in [1.82, 2.24) is 30.1 Å². The Labute approximate surface area is 235 Å². The lowest BCUT2D eigenvalue weighted by Gasteiger charge is -2.19. The largest absolute Gasteiger partial charge is 0.394 e. The van der Waals surface area contributed by atoms with E-state index < -0.39 is 17.9 Å². The van der Waals surface area contributed by atoms with Crippen LogP contribution < -0.4 is 10.6 Å². The first-order valence-corrected chi connectivity index (χ1v) is 13.0. The van der Waals surface area contributed by atoms with Gasteiger partial charge in [0.25, 0.3) is 5.89 Å². The topological polar surface area (TPSA) is 153 Å². The van der Waals surface area contributed by atoms with E-state index in [1.807, 2.05) is 68.4 Å². The number of aromatic nitrogens is 6. The number of anilines is 3. The number of aliphatic hydroxyl groups excluding tert-OH is 1. The summed E-state index contributed by atoms with van der Waals surface area (Å²) < 4.78 is 17.0. The minimum Gasteiger partial charge on any atom is -0.394 e. The number of pyridine rings is 2. The number of rotatable bonds is 9. The Kier molecular flexibility index (Phi) is 7.10. The van der Waals surface area contributed by atoms with Gasteiger partial charge in [-0.15, -0.1) is 0 Å². The molecular weight excluding hydrogens is 524 g/mol. The van der Waals surface area contributed by atoms with Crippen molar-refractivity contribution in [1.29, 1.82) is 0 Å². The summed E-state index contributed by atoms with van der Waals surface area (Å²) in [6.45, 7) is 3.70. The Hall–Kier alpha value is -4.78. The molecule has 0 saturated heterocycles. The van der Waals surface area contributed by atoms with Crippen LogP contribution in [0.5, 0.6) is 0 Å². The van der Waals surface area contributed by atoms with Gasteiger partial charge in [-0.1, -0.05) is 41.6 Å². The molecule has 1 aliphatic rings. The standard InChI is InChI=1S/C29H28N8O4/c1-29(2)23-18(27(39-3)40-29)12-13-22(33-23)34-28-31-15-19(26-35-25(37-41-26)20-11-7-8-14-30-20)24(36-28)32-21(16-38)17-9-5-4-6-10-17/h4-15,21,27,38H,16H2,1-3H3,(H2,31,32,33,34,36)/t21-,27?/m1/s1. The zero-order valence-electron chi connectivity index (χ0n) is 22.6. The van der Waals surface area contributed by atoms with Crippen LogP contribution in [0.15, 0.2) is 77.6 Å². The normalized spacial score (nSPS) is 16.2. The Balaban J connectivity index is 1.35. The molecule has 5 aromatic rings. The van der Waals surface area contributed by atoms with E-state index in [1.165, 1.54) is 0 Å². The van der Waals surface area contributed by atoms with Gasteiger partial charge in [-0.2, -0.15) is 9.97 Å². The van der Waals surface area contributed by atoms with E-state index in [2.05, 4.69) is 30.7 Å². The summed E-state index contributed by atoms with van der Waals surface area (Å²) in [6, 6.07) is 18.3. The van der Waals surface area contributed by atoms with Crippen molar-refractivity contribution in [2.45, 2.75) is 31.8 Å². The second kappa shape index (κ2) is 11.0. The van der Waals surface area contributed by atoms with Gasteiger partial charge in [0.1, 0.15) is 28.5 Å². The average Bonchev–Trinajstić information content (AvgIpc) is 3.59. The maximum atomic E-state index is 10.2. The molecule has 1 aliphatic heterocycles. The van der Waals surface area contributed by atoms with Crippen LogP contribution in [0.1, 0.15) is 43.0 Å². The van der Waals surface area contributed by atoms with E-state index in [9.17, 15) is 5.11 Å². The fourth-order valence-corrected chi connectivity index (χ4v) is 4.61. The Bertz CT molecular complexity index is 1650. The maximum absolute atomic E-state index is 10.2. The molecule has 4 aromatic heterocycles. The van der Waals surface area contributed by atoms with Crippen molar-refractivity contribution in [3.05, 3.63) is 89.9 Å². The Morgan fingerprint density at radius 3 is 2.59 bits per heavy atom. The van der Waals surface area contributed by atoms with Crippen molar-refractivity contribution in [3.8, 4) is 23.0 Å². The fourth-order valence-electron chi connectivity index (χ4n) is 4.61. The summed E-state index contributed by atoms with van der Waals surface area (Å²) >= 11 is 0. The van der Waals surface area contributed by atoms with Gasteiger partial charge in [-0.3, -0.25) is 4.98 Å². The van der Waals surface area contributed by atoms with Crippen molar-refractivity contribution < 1.29 is 19.1 Å². The van der Waals surface area contributed by atoms with Crippen LogP contribution in [0.25, 0.3) is 23.0 Å². The number of hydrogen-bond donors (Lipinski definition) is 3. The van der Waals surface area contributed by atoms with Crippen molar-refractivity contribution in [2.24, 2.45) is 0 Å². The Morgan fingerprint density at radius 2 is 1.83 bits per heavy atom. The molecule has 5 heterocycles. The average molecular weight is 553 g/mol. The molecule has 12 nitrogen and oxygen atoms in total. The minimum atomic E-state index is -0.627. The number of aliphatic hydroxyl groups is 1. The van der Waals surface area contributed by atoms with Gasteiger partial charge in [-0.05, 0) is 43.7 Å². The predicted molar refractivity (Wildman–Crippen MR) is 150 cm³/mol. The summed E-state index contributed by atoms with van der Waals surface area (Å²) in [7, 11) is 1.60. The van der Waals surface area contributed by atoms with Gasteiger partial charge in [0, 0.05) is 25.1 Å². The third-order valence-electron chi connectivity index (χ3n) is 6.64. The first kappa shape index (κ1) is 26.4.